The minimum absolute atomic E-state index is 0.156. The second kappa shape index (κ2) is 9.80. The normalized spacial score (nSPS) is 17.3. The van der Waals surface area contributed by atoms with Crippen LogP contribution in [0, 0.1) is 0 Å². The number of nitrogens with one attached hydrogen (secondary N) is 1. The number of hydrogen-bond acceptors (Lipinski definition) is 5. The van der Waals surface area contributed by atoms with Gasteiger partial charge in [-0.05, 0) is 91.9 Å². The highest BCUT2D eigenvalue weighted by atomic mass is 32.1. The molecule has 3 heterocycles. The number of rotatable bonds is 7. The molecule has 0 aliphatic carbocycles. The average Bonchev–Trinajstić information content (AvgIpc) is 3.50. The van der Waals surface area contributed by atoms with Crippen molar-refractivity contribution in [2.45, 2.75) is 19.0 Å². The molecule has 6 nitrogen and oxygen atoms in total. The van der Waals surface area contributed by atoms with Crippen molar-refractivity contribution >= 4 is 28.7 Å². The topological polar surface area (TPSA) is 53.8 Å². The number of thiocarbonyl (C=S) groups is 1. The van der Waals surface area contributed by atoms with Crippen LogP contribution in [-0.4, -0.2) is 30.8 Å². The van der Waals surface area contributed by atoms with Crippen molar-refractivity contribution in [3.63, 3.8) is 0 Å². The van der Waals surface area contributed by atoms with E-state index < -0.39 is 0 Å². The summed E-state index contributed by atoms with van der Waals surface area (Å²) < 4.78 is 12.0. The van der Waals surface area contributed by atoms with E-state index in [2.05, 4.69) is 44.4 Å². The van der Waals surface area contributed by atoms with Crippen LogP contribution in [0.15, 0.2) is 89.5 Å². The van der Waals surface area contributed by atoms with E-state index >= 15 is 0 Å². The summed E-state index contributed by atoms with van der Waals surface area (Å²) in [6, 6.07) is 25.9. The molecule has 0 bridgehead atoms. The lowest BCUT2D eigenvalue weighted by atomic mass is 10.0. The van der Waals surface area contributed by atoms with Crippen molar-refractivity contribution in [3.8, 4) is 17.1 Å². The standard InChI is InChI=1S/C28H28N4O2S/c1-4-33-22-14-8-19(9-15-22)24-16-17-25(34-24)27-26(23-7-5-6-18-29-23)30-28(35)32(27)21-12-10-20(11-13-21)31(2)3/h5-18,26-27H,4H2,1-3H3,(H,30,35). The SMILES string of the molecule is CCOc1ccc(-c2ccc(C3C(c4ccccn4)NC(=S)N3c3ccc(N(C)C)cc3)o2)cc1. The van der Waals surface area contributed by atoms with E-state index in [-0.39, 0.29) is 12.1 Å². The molecule has 1 aliphatic heterocycles. The van der Waals surface area contributed by atoms with Crippen molar-refractivity contribution in [1.29, 1.82) is 0 Å². The van der Waals surface area contributed by atoms with Gasteiger partial charge < -0.3 is 24.3 Å². The molecule has 1 aliphatic rings. The monoisotopic (exact) mass is 484 g/mol. The zero-order chi connectivity index (χ0) is 24.4. The first-order valence-corrected chi connectivity index (χ1v) is 12.1. The Kier molecular flexibility index (Phi) is 6.42. The smallest absolute Gasteiger partial charge is 0.174 e. The van der Waals surface area contributed by atoms with Crippen LogP contribution in [0.5, 0.6) is 5.75 Å². The Balaban J connectivity index is 1.53. The molecule has 0 spiro atoms. The maximum absolute atomic E-state index is 6.45. The van der Waals surface area contributed by atoms with Gasteiger partial charge in [-0.25, -0.2) is 0 Å². The fourth-order valence-corrected chi connectivity index (χ4v) is 4.73. The van der Waals surface area contributed by atoms with Crippen LogP contribution < -0.4 is 19.9 Å². The summed E-state index contributed by atoms with van der Waals surface area (Å²) in [4.78, 5) is 8.81. The minimum Gasteiger partial charge on any atom is -0.494 e. The van der Waals surface area contributed by atoms with Crippen LogP contribution in [0.2, 0.25) is 0 Å². The zero-order valence-electron chi connectivity index (χ0n) is 20.0. The fraction of sp³-hybridized carbons (Fsp3) is 0.214. The third kappa shape index (κ3) is 4.59. The van der Waals surface area contributed by atoms with Gasteiger partial charge in [-0.2, -0.15) is 0 Å². The van der Waals surface area contributed by atoms with Gasteiger partial charge in [0.05, 0.1) is 18.3 Å². The van der Waals surface area contributed by atoms with Gasteiger partial charge in [0.2, 0.25) is 0 Å². The molecule has 1 saturated heterocycles. The van der Waals surface area contributed by atoms with Gasteiger partial charge >= 0.3 is 0 Å². The highest BCUT2D eigenvalue weighted by molar-refractivity contribution is 7.80. The van der Waals surface area contributed by atoms with Crippen LogP contribution >= 0.6 is 12.2 Å². The highest BCUT2D eigenvalue weighted by Crippen LogP contribution is 2.43. The lowest BCUT2D eigenvalue weighted by Gasteiger charge is -2.26. The van der Waals surface area contributed by atoms with Gasteiger partial charge in [-0.15, -0.1) is 0 Å². The summed E-state index contributed by atoms with van der Waals surface area (Å²) in [6.45, 7) is 2.61. The minimum atomic E-state index is -0.195. The Morgan fingerprint density at radius 2 is 1.77 bits per heavy atom. The summed E-state index contributed by atoms with van der Waals surface area (Å²) >= 11 is 5.82. The molecule has 2 aromatic carbocycles. The van der Waals surface area contributed by atoms with E-state index in [1.54, 1.807) is 6.20 Å². The van der Waals surface area contributed by atoms with Crippen LogP contribution in [0.1, 0.15) is 30.5 Å². The number of nitrogens with zero attached hydrogens (tertiary/aromatic N) is 3. The predicted octanol–water partition coefficient (Wildman–Crippen LogP) is 5.98. The van der Waals surface area contributed by atoms with E-state index in [4.69, 9.17) is 21.4 Å². The molecule has 35 heavy (non-hydrogen) atoms. The number of pyridine rings is 1. The van der Waals surface area contributed by atoms with E-state index in [0.29, 0.717) is 11.7 Å². The maximum atomic E-state index is 6.45. The quantitative estimate of drug-likeness (QED) is 0.324. The summed E-state index contributed by atoms with van der Waals surface area (Å²) in [7, 11) is 4.06. The fourth-order valence-electron chi connectivity index (χ4n) is 4.38. The second-order valence-electron chi connectivity index (χ2n) is 8.57. The van der Waals surface area contributed by atoms with Gasteiger partial charge in [0.1, 0.15) is 23.3 Å². The molecule has 7 heteroatoms. The summed E-state index contributed by atoms with van der Waals surface area (Å²) in [6.07, 6.45) is 1.80. The van der Waals surface area contributed by atoms with Crippen molar-refractivity contribution in [2.75, 3.05) is 30.5 Å². The largest absolute Gasteiger partial charge is 0.494 e. The Hall–Kier alpha value is -3.84. The third-order valence-corrected chi connectivity index (χ3v) is 6.43. The molecule has 178 valence electrons. The molecule has 2 unspecified atom stereocenters. The lowest BCUT2D eigenvalue weighted by molar-refractivity contribution is 0.340. The molecule has 0 amide bonds. The van der Waals surface area contributed by atoms with Crippen molar-refractivity contribution < 1.29 is 9.15 Å². The Morgan fingerprint density at radius 1 is 1.00 bits per heavy atom. The number of ether oxygens (including phenoxy) is 1. The summed E-state index contributed by atoms with van der Waals surface area (Å²) in [5, 5.41) is 4.12. The van der Waals surface area contributed by atoms with Crippen molar-refractivity contribution in [1.82, 2.24) is 10.3 Å². The van der Waals surface area contributed by atoms with Gasteiger partial charge in [-0.1, -0.05) is 6.07 Å². The van der Waals surface area contributed by atoms with Crippen LogP contribution in [-0.2, 0) is 0 Å². The molecule has 1 fully saturated rings. The first-order chi connectivity index (χ1) is 17.0. The van der Waals surface area contributed by atoms with Gasteiger partial charge in [0.15, 0.2) is 5.11 Å². The lowest BCUT2D eigenvalue weighted by Crippen LogP contribution is -2.29. The van der Waals surface area contributed by atoms with E-state index in [1.165, 1.54) is 0 Å². The van der Waals surface area contributed by atoms with E-state index in [9.17, 15) is 0 Å². The van der Waals surface area contributed by atoms with E-state index in [0.717, 1.165) is 39.9 Å². The first kappa shape index (κ1) is 22.9. The molecule has 4 aromatic rings. The first-order valence-electron chi connectivity index (χ1n) is 11.7. The van der Waals surface area contributed by atoms with Gasteiger partial charge in [0, 0.05) is 37.2 Å². The number of benzene rings is 2. The second-order valence-corrected chi connectivity index (χ2v) is 8.95. The number of anilines is 2. The molecule has 5 rings (SSSR count). The van der Waals surface area contributed by atoms with Crippen LogP contribution in [0.25, 0.3) is 11.3 Å². The Labute approximate surface area is 211 Å². The van der Waals surface area contributed by atoms with Gasteiger partial charge in [-0.3, -0.25) is 4.98 Å². The average molecular weight is 485 g/mol. The zero-order valence-corrected chi connectivity index (χ0v) is 20.8. The molecule has 2 atom stereocenters. The molecule has 1 N–H and O–H groups in total. The highest BCUT2D eigenvalue weighted by Gasteiger charge is 2.42. The molecular weight excluding hydrogens is 456 g/mol. The van der Waals surface area contributed by atoms with Crippen LogP contribution in [0.3, 0.4) is 0 Å². The molecule has 0 radical (unpaired) electrons. The number of hydrogen-bond donors (Lipinski definition) is 1. The Morgan fingerprint density at radius 3 is 2.43 bits per heavy atom. The summed E-state index contributed by atoms with van der Waals surface area (Å²) in [5.74, 6) is 2.45. The third-order valence-electron chi connectivity index (χ3n) is 6.11. The predicted molar refractivity (Wildman–Crippen MR) is 144 cm³/mol. The van der Waals surface area contributed by atoms with Crippen molar-refractivity contribution in [2.24, 2.45) is 0 Å². The molecular formula is C28H28N4O2S. The van der Waals surface area contributed by atoms with Gasteiger partial charge in [0.25, 0.3) is 0 Å². The molecule has 2 aromatic heterocycles. The number of furan rings is 1. The van der Waals surface area contributed by atoms with E-state index in [1.807, 2.05) is 75.6 Å². The Bertz CT molecular complexity index is 1290. The van der Waals surface area contributed by atoms with Crippen LogP contribution in [0.4, 0.5) is 11.4 Å². The number of aromatic nitrogens is 1. The summed E-state index contributed by atoms with van der Waals surface area (Å²) in [5.41, 5.74) is 4.02. The van der Waals surface area contributed by atoms with Crippen molar-refractivity contribution in [3.05, 3.63) is 96.5 Å². The maximum Gasteiger partial charge on any atom is 0.174 e. The molecule has 0 saturated carbocycles.